The minimum atomic E-state index is -0.0125. The Morgan fingerprint density at radius 1 is 1.05 bits per heavy atom. The fourth-order valence-electron chi connectivity index (χ4n) is 2.00. The summed E-state index contributed by atoms with van der Waals surface area (Å²) < 4.78 is 5.64. The number of hydrogen-bond acceptors (Lipinski definition) is 3. The Bertz CT molecular complexity index is 367. The summed E-state index contributed by atoms with van der Waals surface area (Å²) in [5.74, 6) is 0.936. The molecule has 0 amide bonds. The maximum absolute atomic E-state index is 5.64. The molecule has 0 aliphatic heterocycles. The molecule has 1 heterocycles. The molecular weight excluding hydrogens is 240 g/mol. The van der Waals surface area contributed by atoms with Gasteiger partial charge in [-0.25, -0.2) is 0 Å². The summed E-state index contributed by atoms with van der Waals surface area (Å²) >= 11 is 0. The number of nitrogens with two attached hydrogens (primary N) is 2. The molecule has 1 aromatic heterocycles. The monoisotopic (exact) mass is 266 g/mol. The summed E-state index contributed by atoms with van der Waals surface area (Å²) in [5.41, 5.74) is 11.7. The third kappa shape index (κ3) is 5.77. The molecule has 0 atom stereocenters. The minimum Gasteiger partial charge on any atom is -0.427 e. The van der Waals surface area contributed by atoms with Gasteiger partial charge in [-0.2, -0.15) is 9.98 Å². The highest BCUT2D eigenvalue weighted by Gasteiger charge is 2.12. The third-order valence-electron chi connectivity index (χ3n) is 3.02. The van der Waals surface area contributed by atoms with E-state index in [1.807, 2.05) is 0 Å². The van der Waals surface area contributed by atoms with Gasteiger partial charge < -0.3 is 15.9 Å². The van der Waals surface area contributed by atoms with E-state index in [-0.39, 0.29) is 12.0 Å². The molecule has 0 fully saturated rings. The van der Waals surface area contributed by atoms with Crippen molar-refractivity contribution in [2.24, 2.45) is 16.5 Å². The molecule has 0 saturated carbocycles. The van der Waals surface area contributed by atoms with Crippen molar-refractivity contribution in [2.75, 3.05) is 0 Å². The summed E-state index contributed by atoms with van der Waals surface area (Å²) in [5, 5.41) is 0. The number of aliphatic imine (C=N–C) groups is 1. The first-order valence-electron chi connectivity index (χ1n) is 7.25. The first-order valence-corrected chi connectivity index (χ1v) is 7.25. The van der Waals surface area contributed by atoms with E-state index >= 15 is 0 Å². The molecule has 0 saturated heterocycles. The van der Waals surface area contributed by atoms with E-state index in [0.717, 1.165) is 37.1 Å². The van der Waals surface area contributed by atoms with Crippen molar-refractivity contribution in [3.8, 4) is 0 Å². The van der Waals surface area contributed by atoms with Gasteiger partial charge in [-0.1, -0.05) is 39.5 Å². The number of unbranched alkanes of at least 4 members (excludes halogenated alkanes) is 4. The zero-order valence-electron chi connectivity index (χ0n) is 12.1. The topological polar surface area (TPSA) is 90.4 Å². The summed E-state index contributed by atoms with van der Waals surface area (Å²) in [6, 6.07) is 0.290. The molecule has 0 aliphatic rings. The van der Waals surface area contributed by atoms with Crippen LogP contribution in [0.4, 0.5) is 6.01 Å². The van der Waals surface area contributed by atoms with E-state index < -0.39 is 0 Å². The van der Waals surface area contributed by atoms with Gasteiger partial charge in [0.05, 0.1) is 5.69 Å². The molecule has 1 rings (SSSR count). The van der Waals surface area contributed by atoms with Crippen molar-refractivity contribution in [1.29, 1.82) is 0 Å². The van der Waals surface area contributed by atoms with Crippen LogP contribution < -0.4 is 11.5 Å². The van der Waals surface area contributed by atoms with Gasteiger partial charge in [-0.3, -0.25) is 0 Å². The Labute approximate surface area is 115 Å². The van der Waals surface area contributed by atoms with Crippen LogP contribution in [0.2, 0.25) is 0 Å². The van der Waals surface area contributed by atoms with Crippen molar-refractivity contribution in [3.63, 3.8) is 0 Å². The van der Waals surface area contributed by atoms with Gasteiger partial charge >= 0.3 is 6.01 Å². The first kappa shape index (κ1) is 15.5. The largest absolute Gasteiger partial charge is 0.427 e. The molecule has 1 aromatic rings. The number of aryl methyl sites for hydroxylation is 2. The maximum atomic E-state index is 5.64. The number of rotatable bonds is 9. The van der Waals surface area contributed by atoms with Crippen molar-refractivity contribution in [2.45, 2.75) is 65.2 Å². The van der Waals surface area contributed by atoms with Crippen LogP contribution >= 0.6 is 0 Å². The average Bonchev–Trinajstić information content (AvgIpc) is 2.71. The molecule has 0 spiro atoms. The molecule has 4 N–H and O–H groups in total. The van der Waals surface area contributed by atoms with E-state index in [2.05, 4.69) is 23.8 Å². The van der Waals surface area contributed by atoms with Crippen LogP contribution in [0.1, 0.15) is 63.8 Å². The van der Waals surface area contributed by atoms with Crippen LogP contribution in [-0.4, -0.2) is 10.9 Å². The predicted octanol–water partition coefficient (Wildman–Crippen LogP) is 3.04. The van der Waals surface area contributed by atoms with Gasteiger partial charge in [0.15, 0.2) is 5.96 Å². The Kier molecular flexibility index (Phi) is 7.00. The number of oxazole rings is 1. The molecule has 0 unspecified atom stereocenters. The van der Waals surface area contributed by atoms with E-state index in [1.54, 1.807) is 0 Å². The van der Waals surface area contributed by atoms with Crippen molar-refractivity contribution in [3.05, 3.63) is 11.5 Å². The first-order chi connectivity index (χ1) is 9.17. The molecule has 0 radical (unpaired) electrons. The third-order valence-corrected chi connectivity index (χ3v) is 3.02. The summed E-state index contributed by atoms with van der Waals surface area (Å²) in [7, 11) is 0. The zero-order chi connectivity index (χ0) is 14.1. The van der Waals surface area contributed by atoms with E-state index in [4.69, 9.17) is 15.9 Å². The highest BCUT2D eigenvalue weighted by atomic mass is 16.4. The van der Waals surface area contributed by atoms with Gasteiger partial charge in [-0.05, 0) is 19.3 Å². The quantitative estimate of drug-likeness (QED) is 0.408. The lowest BCUT2D eigenvalue weighted by molar-refractivity contribution is 0.497. The lowest BCUT2D eigenvalue weighted by atomic mass is 10.1. The van der Waals surface area contributed by atoms with E-state index in [1.165, 1.54) is 25.7 Å². The average molecular weight is 266 g/mol. The fourth-order valence-corrected chi connectivity index (χ4v) is 2.00. The van der Waals surface area contributed by atoms with Crippen LogP contribution in [0.3, 0.4) is 0 Å². The van der Waals surface area contributed by atoms with Crippen molar-refractivity contribution in [1.82, 2.24) is 4.98 Å². The highest BCUT2D eigenvalue weighted by molar-refractivity contribution is 5.77. The zero-order valence-corrected chi connectivity index (χ0v) is 12.1. The van der Waals surface area contributed by atoms with Gasteiger partial charge in [-0.15, -0.1) is 0 Å². The standard InChI is InChI=1S/C14H26N4O/c1-3-5-7-9-11-12(10-8-6-4-2)19-14(17-11)18-13(15)16/h3-10H2,1-2H3,(H4,15,16,17,18). The Morgan fingerprint density at radius 3 is 2.26 bits per heavy atom. The second-order valence-electron chi connectivity index (χ2n) is 4.82. The SMILES string of the molecule is CCCCCc1nc(N=C(N)N)oc1CCCCC. The molecule has 5 nitrogen and oxygen atoms in total. The highest BCUT2D eigenvalue weighted by Crippen LogP contribution is 2.21. The predicted molar refractivity (Wildman–Crippen MR) is 78.4 cm³/mol. The van der Waals surface area contributed by atoms with Crippen molar-refractivity contribution >= 4 is 12.0 Å². The molecule has 0 aromatic carbocycles. The normalized spacial score (nSPS) is 10.6. The number of hydrogen-bond donors (Lipinski definition) is 2. The molecule has 108 valence electrons. The maximum Gasteiger partial charge on any atom is 0.325 e. The number of guanidine groups is 1. The van der Waals surface area contributed by atoms with Crippen LogP contribution in [-0.2, 0) is 12.8 Å². The minimum absolute atomic E-state index is 0.0125. The Morgan fingerprint density at radius 2 is 1.68 bits per heavy atom. The number of aromatic nitrogens is 1. The lowest BCUT2D eigenvalue weighted by Crippen LogP contribution is -2.21. The summed E-state index contributed by atoms with van der Waals surface area (Å²) in [6.45, 7) is 4.38. The molecule has 19 heavy (non-hydrogen) atoms. The van der Waals surface area contributed by atoms with E-state index in [9.17, 15) is 0 Å². The van der Waals surface area contributed by atoms with Crippen LogP contribution in [0.25, 0.3) is 0 Å². The van der Waals surface area contributed by atoms with Gasteiger partial charge in [0.2, 0.25) is 0 Å². The molecule has 0 aliphatic carbocycles. The van der Waals surface area contributed by atoms with E-state index in [0.29, 0.717) is 0 Å². The fraction of sp³-hybridized carbons (Fsp3) is 0.714. The Hall–Kier alpha value is -1.52. The van der Waals surface area contributed by atoms with Gasteiger partial charge in [0.1, 0.15) is 5.76 Å². The summed E-state index contributed by atoms with van der Waals surface area (Å²) in [4.78, 5) is 8.28. The van der Waals surface area contributed by atoms with Crippen LogP contribution in [0.15, 0.2) is 9.41 Å². The smallest absolute Gasteiger partial charge is 0.325 e. The number of nitrogens with zero attached hydrogens (tertiary/aromatic N) is 2. The lowest BCUT2D eigenvalue weighted by Gasteiger charge is -2.00. The van der Waals surface area contributed by atoms with Gasteiger partial charge in [0, 0.05) is 6.42 Å². The summed E-state index contributed by atoms with van der Waals surface area (Å²) in [6.07, 6.45) is 8.91. The molecule has 0 bridgehead atoms. The molecular formula is C14H26N4O. The second-order valence-corrected chi connectivity index (χ2v) is 4.82. The molecule has 5 heteroatoms. The Balaban J connectivity index is 2.72. The van der Waals surface area contributed by atoms with Gasteiger partial charge in [0.25, 0.3) is 0 Å². The van der Waals surface area contributed by atoms with Crippen molar-refractivity contribution < 1.29 is 4.42 Å². The van der Waals surface area contributed by atoms with Crippen LogP contribution in [0.5, 0.6) is 0 Å². The van der Waals surface area contributed by atoms with Crippen LogP contribution in [0, 0.1) is 0 Å². The second kappa shape index (κ2) is 8.56.